The number of carbonyl (C=O) groups is 3. The Balaban J connectivity index is 1.28. The van der Waals surface area contributed by atoms with Gasteiger partial charge in [0.15, 0.2) is 0 Å². The zero-order valence-corrected chi connectivity index (χ0v) is 19.4. The van der Waals surface area contributed by atoms with E-state index in [0.29, 0.717) is 42.8 Å². The highest BCUT2D eigenvalue weighted by Gasteiger charge is 2.38. The van der Waals surface area contributed by atoms with Gasteiger partial charge in [0.1, 0.15) is 11.8 Å². The summed E-state index contributed by atoms with van der Waals surface area (Å²) >= 11 is 0. The third kappa shape index (κ3) is 4.95. The zero-order valence-electron chi connectivity index (χ0n) is 19.4. The van der Waals surface area contributed by atoms with Crippen molar-refractivity contribution < 1.29 is 19.1 Å². The number of para-hydroxylation sites is 1. The maximum absolute atomic E-state index is 13.2. The summed E-state index contributed by atoms with van der Waals surface area (Å²) in [5.74, 6) is -0.202. The van der Waals surface area contributed by atoms with Crippen molar-refractivity contribution in [2.24, 2.45) is 0 Å². The third-order valence-electron chi connectivity index (χ3n) is 6.43. The molecule has 0 saturated carbocycles. The Hall–Kier alpha value is -3.97. The predicted molar refractivity (Wildman–Crippen MR) is 133 cm³/mol. The second kappa shape index (κ2) is 10.1. The SMILES string of the molecule is O=C(Nc1ccc(OC(=O)C2CCCCN2N2C(=O)CCc3ccccc32)cc1)c1ccccc1. The van der Waals surface area contributed by atoms with Crippen LogP contribution in [0.2, 0.25) is 0 Å². The minimum absolute atomic E-state index is 0.00177. The molecule has 1 saturated heterocycles. The Morgan fingerprint density at radius 3 is 2.40 bits per heavy atom. The number of piperidine rings is 1. The number of amides is 2. The average molecular weight is 470 g/mol. The number of hydrogen-bond donors (Lipinski definition) is 1. The number of aryl methyl sites for hydroxylation is 1. The molecule has 35 heavy (non-hydrogen) atoms. The largest absolute Gasteiger partial charge is 0.425 e. The molecule has 0 aliphatic carbocycles. The van der Waals surface area contributed by atoms with Gasteiger partial charge >= 0.3 is 5.97 Å². The van der Waals surface area contributed by atoms with Crippen LogP contribution in [0, 0.1) is 0 Å². The monoisotopic (exact) mass is 469 g/mol. The van der Waals surface area contributed by atoms with Gasteiger partial charge in [-0.15, -0.1) is 0 Å². The minimum atomic E-state index is -0.545. The first kappa shape index (κ1) is 22.8. The summed E-state index contributed by atoms with van der Waals surface area (Å²) in [5.41, 5.74) is 3.13. The first-order chi connectivity index (χ1) is 17.1. The van der Waals surface area contributed by atoms with Crippen LogP contribution in [0.5, 0.6) is 5.75 Å². The van der Waals surface area contributed by atoms with E-state index in [1.165, 1.54) is 0 Å². The average Bonchev–Trinajstić information content (AvgIpc) is 2.90. The minimum Gasteiger partial charge on any atom is -0.425 e. The lowest BCUT2D eigenvalue weighted by molar-refractivity contribution is -0.143. The maximum atomic E-state index is 13.2. The van der Waals surface area contributed by atoms with Crippen LogP contribution in [-0.4, -0.2) is 35.4 Å². The predicted octanol–water partition coefficient (Wildman–Crippen LogP) is 4.59. The molecule has 2 aliphatic heterocycles. The van der Waals surface area contributed by atoms with E-state index in [1.807, 2.05) is 47.5 Å². The van der Waals surface area contributed by atoms with Crippen molar-refractivity contribution in [1.82, 2.24) is 5.01 Å². The second-order valence-electron chi connectivity index (χ2n) is 8.77. The molecule has 7 heteroatoms. The highest BCUT2D eigenvalue weighted by molar-refractivity contribution is 6.04. The van der Waals surface area contributed by atoms with E-state index in [-0.39, 0.29) is 17.8 Å². The highest BCUT2D eigenvalue weighted by atomic mass is 16.5. The van der Waals surface area contributed by atoms with Crippen LogP contribution in [0.4, 0.5) is 11.4 Å². The van der Waals surface area contributed by atoms with Crippen molar-refractivity contribution in [3.63, 3.8) is 0 Å². The molecule has 0 spiro atoms. The van der Waals surface area contributed by atoms with Crippen LogP contribution in [-0.2, 0) is 16.0 Å². The van der Waals surface area contributed by atoms with Gasteiger partial charge in [0.05, 0.1) is 5.69 Å². The van der Waals surface area contributed by atoms with Crippen molar-refractivity contribution in [2.45, 2.75) is 38.1 Å². The first-order valence-electron chi connectivity index (χ1n) is 12.0. The van der Waals surface area contributed by atoms with Gasteiger partial charge in [-0.25, -0.2) is 9.80 Å². The Labute approximate surface area is 204 Å². The van der Waals surface area contributed by atoms with Crippen LogP contribution in [0.1, 0.15) is 41.6 Å². The summed E-state index contributed by atoms with van der Waals surface area (Å²) < 4.78 is 5.71. The number of nitrogens with zero attached hydrogens (tertiary/aromatic N) is 2. The molecule has 0 radical (unpaired) electrons. The van der Waals surface area contributed by atoms with E-state index in [9.17, 15) is 14.4 Å². The molecule has 2 heterocycles. The number of esters is 1. The van der Waals surface area contributed by atoms with E-state index in [1.54, 1.807) is 41.4 Å². The molecule has 178 valence electrons. The smallest absolute Gasteiger partial charge is 0.330 e. The fourth-order valence-corrected chi connectivity index (χ4v) is 4.67. The van der Waals surface area contributed by atoms with Gasteiger partial charge in [0, 0.05) is 24.2 Å². The number of ether oxygens (including phenoxy) is 1. The summed E-state index contributed by atoms with van der Waals surface area (Å²) in [4.78, 5) is 38.5. The molecule has 3 aromatic carbocycles. The van der Waals surface area contributed by atoms with E-state index in [2.05, 4.69) is 5.32 Å². The van der Waals surface area contributed by atoms with Crippen LogP contribution in [0.3, 0.4) is 0 Å². The number of benzene rings is 3. The van der Waals surface area contributed by atoms with E-state index < -0.39 is 6.04 Å². The molecule has 2 amide bonds. The van der Waals surface area contributed by atoms with Gasteiger partial charge in [0.25, 0.3) is 5.91 Å². The molecule has 1 fully saturated rings. The van der Waals surface area contributed by atoms with Gasteiger partial charge in [0.2, 0.25) is 5.91 Å². The van der Waals surface area contributed by atoms with Gasteiger partial charge in [-0.1, -0.05) is 36.4 Å². The summed E-state index contributed by atoms with van der Waals surface area (Å²) in [6, 6.07) is 23.0. The van der Waals surface area contributed by atoms with Gasteiger partial charge in [-0.2, -0.15) is 5.01 Å². The van der Waals surface area contributed by atoms with Crippen molar-refractivity contribution in [1.29, 1.82) is 0 Å². The number of nitrogens with one attached hydrogen (secondary N) is 1. The molecule has 5 rings (SSSR count). The molecular weight excluding hydrogens is 442 g/mol. The first-order valence-corrected chi connectivity index (χ1v) is 12.0. The number of hydrazine groups is 1. The Morgan fingerprint density at radius 1 is 0.857 bits per heavy atom. The van der Waals surface area contributed by atoms with Gasteiger partial charge in [-0.05, 0) is 73.7 Å². The molecule has 1 N–H and O–H groups in total. The summed E-state index contributed by atoms with van der Waals surface area (Å²) in [7, 11) is 0. The van der Waals surface area contributed by atoms with Crippen LogP contribution >= 0.6 is 0 Å². The van der Waals surface area contributed by atoms with E-state index in [4.69, 9.17) is 4.74 Å². The highest BCUT2D eigenvalue weighted by Crippen LogP contribution is 2.32. The summed E-state index contributed by atoms with van der Waals surface area (Å²) in [6.07, 6.45) is 3.55. The Kier molecular flexibility index (Phi) is 6.59. The van der Waals surface area contributed by atoms with Crippen molar-refractivity contribution >= 4 is 29.2 Å². The Bertz CT molecular complexity index is 1230. The quantitative estimate of drug-likeness (QED) is 0.437. The number of carbonyl (C=O) groups excluding carboxylic acids is 3. The zero-order chi connectivity index (χ0) is 24.2. The van der Waals surface area contributed by atoms with Crippen LogP contribution in [0.15, 0.2) is 78.9 Å². The normalized spacial score (nSPS) is 18.0. The number of anilines is 2. The van der Waals surface area contributed by atoms with Gasteiger partial charge in [-0.3, -0.25) is 9.59 Å². The molecule has 0 aromatic heterocycles. The number of fused-ring (bicyclic) bond motifs is 1. The fraction of sp³-hybridized carbons (Fsp3) is 0.250. The molecule has 7 nitrogen and oxygen atoms in total. The second-order valence-corrected chi connectivity index (χ2v) is 8.77. The summed E-state index contributed by atoms with van der Waals surface area (Å²) in [5, 5.41) is 6.40. The number of rotatable bonds is 5. The van der Waals surface area contributed by atoms with Crippen molar-refractivity contribution in [3.8, 4) is 5.75 Å². The molecule has 2 aliphatic rings. The molecular formula is C28H27N3O4. The molecule has 1 atom stereocenters. The van der Waals surface area contributed by atoms with Gasteiger partial charge < -0.3 is 10.1 Å². The molecule has 3 aromatic rings. The van der Waals surface area contributed by atoms with Crippen LogP contribution in [0.25, 0.3) is 0 Å². The fourth-order valence-electron chi connectivity index (χ4n) is 4.67. The summed E-state index contributed by atoms with van der Waals surface area (Å²) in [6.45, 7) is 0.615. The molecule has 1 unspecified atom stereocenters. The lowest BCUT2D eigenvalue weighted by atomic mass is 10.0. The van der Waals surface area contributed by atoms with E-state index in [0.717, 1.165) is 24.1 Å². The van der Waals surface area contributed by atoms with E-state index >= 15 is 0 Å². The standard InChI is InChI=1S/C28H27N3O4/c32-26-18-13-20-8-4-5-11-24(20)31(26)30-19-7-6-12-25(30)28(34)35-23-16-14-22(15-17-23)29-27(33)21-9-2-1-3-10-21/h1-5,8-11,14-17,25H,6-7,12-13,18-19H2,(H,29,33). The third-order valence-corrected chi connectivity index (χ3v) is 6.43. The molecule has 0 bridgehead atoms. The van der Waals surface area contributed by atoms with Crippen molar-refractivity contribution in [3.05, 3.63) is 90.0 Å². The lowest BCUT2D eigenvalue weighted by Gasteiger charge is -2.43. The maximum Gasteiger partial charge on any atom is 0.330 e. The topological polar surface area (TPSA) is 79.0 Å². The number of hydrogen-bond acceptors (Lipinski definition) is 5. The van der Waals surface area contributed by atoms with Crippen LogP contribution < -0.4 is 15.1 Å². The lowest BCUT2D eigenvalue weighted by Crippen LogP contribution is -2.58. The van der Waals surface area contributed by atoms with Crippen molar-refractivity contribution in [2.75, 3.05) is 16.9 Å². The Morgan fingerprint density at radius 2 is 1.60 bits per heavy atom.